The molecule has 2 aliphatic rings. The van der Waals surface area contributed by atoms with Crippen molar-refractivity contribution in [3.8, 4) is 5.75 Å². The molecule has 3 heterocycles. The van der Waals surface area contributed by atoms with Crippen molar-refractivity contribution in [3.05, 3.63) is 41.7 Å². The third-order valence-electron chi connectivity index (χ3n) is 6.93. The van der Waals surface area contributed by atoms with Crippen LogP contribution >= 0.6 is 0 Å². The Labute approximate surface area is 232 Å². The molecule has 224 valence electrons. The quantitative estimate of drug-likeness (QED) is 0.266. The fourth-order valence-electron chi connectivity index (χ4n) is 4.68. The molecule has 2 aliphatic heterocycles. The topological polar surface area (TPSA) is 119 Å². The first-order valence-corrected chi connectivity index (χ1v) is 14.5. The molecule has 2 saturated heterocycles. The summed E-state index contributed by atoms with van der Waals surface area (Å²) in [6.07, 6.45) is -1.38. The third kappa shape index (κ3) is 6.36. The van der Waals surface area contributed by atoms with Crippen LogP contribution in [0, 0.1) is 11.6 Å². The zero-order valence-electron chi connectivity index (χ0n) is 22.2. The lowest BCUT2D eigenvalue weighted by atomic mass is 10.0. The second kappa shape index (κ2) is 11.0. The minimum absolute atomic E-state index is 0.209. The van der Waals surface area contributed by atoms with E-state index in [0.29, 0.717) is 38.1 Å². The molecule has 16 heteroatoms. The summed E-state index contributed by atoms with van der Waals surface area (Å²) in [5, 5.41) is 0. The molecule has 1 atom stereocenters. The predicted molar refractivity (Wildman–Crippen MR) is 133 cm³/mol. The van der Waals surface area contributed by atoms with Gasteiger partial charge in [0, 0.05) is 50.4 Å². The van der Waals surface area contributed by atoms with Crippen molar-refractivity contribution in [1.82, 2.24) is 14.9 Å². The summed E-state index contributed by atoms with van der Waals surface area (Å²) in [5.74, 6) is -10.2. The highest BCUT2D eigenvalue weighted by atomic mass is 32.2. The van der Waals surface area contributed by atoms with Crippen molar-refractivity contribution in [2.75, 3.05) is 30.8 Å². The van der Waals surface area contributed by atoms with Crippen LogP contribution in [0.2, 0.25) is 0 Å². The van der Waals surface area contributed by atoms with Crippen molar-refractivity contribution in [2.24, 2.45) is 0 Å². The van der Waals surface area contributed by atoms with Gasteiger partial charge >= 0.3 is 23.8 Å². The van der Waals surface area contributed by atoms with Crippen molar-refractivity contribution in [3.63, 3.8) is 0 Å². The number of aromatic nitrogens is 2. The molecule has 4 rings (SSSR count). The number of anilines is 1. The molecular formula is C25H27F5N4O6S. The monoisotopic (exact) mass is 606 g/mol. The van der Waals surface area contributed by atoms with E-state index in [2.05, 4.69) is 14.7 Å². The minimum Gasteiger partial charge on any atom is -0.441 e. The molecule has 0 N–H and O–H groups in total. The zero-order chi connectivity index (χ0) is 30.3. The molecule has 1 unspecified atom stereocenters. The summed E-state index contributed by atoms with van der Waals surface area (Å²) in [5.41, 5.74) is 0.957. The molecule has 0 radical (unpaired) electrons. The van der Waals surface area contributed by atoms with E-state index in [1.165, 1.54) is 4.90 Å². The second-order valence-electron chi connectivity index (χ2n) is 10.2. The van der Waals surface area contributed by atoms with Crippen molar-refractivity contribution in [2.45, 2.75) is 61.9 Å². The normalized spacial score (nSPS) is 20.6. The van der Waals surface area contributed by atoms with Crippen LogP contribution in [0.4, 0.5) is 27.9 Å². The highest BCUT2D eigenvalue weighted by Crippen LogP contribution is 2.37. The molecule has 0 bridgehead atoms. The Kier molecular flexibility index (Phi) is 8.17. The first-order chi connectivity index (χ1) is 19.0. The number of halogens is 5. The van der Waals surface area contributed by atoms with Crippen LogP contribution in [0.1, 0.15) is 44.6 Å². The molecule has 10 nitrogen and oxygen atoms in total. The van der Waals surface area contributed by atoms with Gasteiger partial charge in [-0.3, -0.25) is 4.79 Å². The average Bonchev–Trinajstić information content (AvgIpc) is 3.20. The van der Waals surface area contributed by atoms with E-state index in [1.807, 2.05) is 18.7 Å². The Bertz CT molecular complexity index is 1430. The fourth-order valence-corrected chi connectivity index (χ4v) is 5.41. The minimum atomic E-state index is -5.52. The molecule has 1 aromatic heterocycles. The molecule has 2 aromatic rings. The van der Waals surface area contributed by atoms with Gasteiger partial charge in [-0.05, 0) is 30.4 Å². The number of amides is 1. The highest BCUT2D eigenvalue weighted by molar-refractivity contribution is 7.90. The summed E-state index contributed by atoms with van der Waals surface area (Å²) in [6, 6.07) is 0.0356. The lowest BCUT2D eigenvalue weighted by molar-refractivity contribution is -0.236. The third-order valence-corrected chi connectivity index (χ3v) is 8.04. The van der Waals surface area contributed by atoms with Crippen LogP contribution in [0.5, 0.6) is 5.75 Å². The van der Waals surface area contributed by atoms with Gasteiger partial charge in [-0.25, -0.2) is 32.0 Å². The first-order valence-electron chi connectivity index (χ1n) is 12.6. The number of alkyl halides is 3. The summed E-state index contributed by atoms with van der Waals surface area (Å²) in [6.45, 7) is 4.60. The molecular weight excluding hydrogens is 579 g/mol. The van der Waals surface area contributed by atoms with Crippen LogP contribution in [-0.2, 0) is 24.2 Å². The van der Waals surface area contributed by atoms with E-state index in [0.717, 1.165) is 5.56 Å². The van der Waals surface area contributed by atoms with Gasteiger partial charge in [0.25, 0.3) is 0 Å². The first kappa shape index (κ1) is 30.4. The van der Waals surface area contributed by atoms with Gasteiger partial charge < -0.3 is 19.3 Å². The van der Waals surface area contributed by atoms with E-state index in [4.69, 9.17) is 4.74 Å². The molecule has 41 heavy (non-hydrogen) atoms. The smallest absolute Gasteiger partial charge is 0.441 e. The number of sulfone groups is 1. The van der Waals surface area contributed by atoms with Crippen LogP contribution < -0.4 is 9.64 Å². The maximum atomic E-state index is 14.7. The van der Waals surface area contributed by atoms with Gasteiger partial charge in [-0.1, -0.05) is 13.8 Å². The number of rotatable bonds is 7. The Morgan fingerprint density at radius 1 is 1.07 bits per heavy atom. The zero-order valence-corrected chi connectivity index (χ0v) is 23.1. The van der Waals surface area contributed by atoms with Crippen molar-refractivity contribution >= 4 is 27.7 Å². The van der Waals surface area contributed by atoms with Gasteiger partial charge in [0.15, 0.2) is 21.4 Å². The molecule has 0 saturated carbocycles. The van der Waals surface area contributed by atoms with Crippen LogP contribution in [0.25, 0.3) is 0 Å². The lowest BCUT2D eigenvalue weighted by Gasteiger charge is -2.37. The lowest BCUT2D eigenvalue weighted by Crippen LogP contribution is -2.54. The number of benzene rings is 1. The largest absolute Gasteiger partial charge is 0.491 e. The fraction of sp³-hybridized carbons (Fsp3) is 0.520. The number of esters is 1. The summed E-state index contributed by atoms with van der Waals surface area (Å²) in [4.78, 5) is 36.0. The van der Waals surface area contributed by atoms with Crippen LogP contribution in [0.15, 0.2) is 29.4 Å². The number of likely N-dealkylation sites (tertiary alicyclic amines) is 1. The molecule has 2 fully saturated rings. The molecule has 1 aromatic carbocycles. The van der Waals surface area contributed by atoms with E-state index in [-0.39, 0.29) is 24.6 Å². The number of piperidine rings is 1. The number of carbonyl (C=O) groups is 2. The summed E-state index contributed by atoms with van der Waals surface area (Å²) >= 11 is 0. The number of hydrogen-bond donors (Lipinski definition) is 0. The van der Waals surface area contributed by atoms with Gasteiger partial charge in [0.2, 0.25) is 5.95 Å². The SMILES string of the molecule is CC(C)c1cnc(N2CCC(N3CCC(OC(=O)C(F)(F)F)(Oc4cc(F)c(S(C)(=O)=O)cc4F)C3=O)CC2)nc1. The molecule has 1 amide bonds. The summed E-state index contributed by atoms with van der Waals surface area (Å²) < 4.78 is 102. The number of hydrogen-bond acceptors (Lipinski definition) is 9. The van der Waals surface area contributed by atoms with E-state index in [1.54, 1.807) is 12.4 Å². The number of ether oxygens (including phenoxy) is 2. The second-order valence-corrected chi connectivity index (χ2v) is 12.1. The van der Waals surface area contributed by atoms with E-state index >= 15 is 0 Å². The predicted octanol–water partition coefficient (Wildman–Crippen LogP) is 3.36. The molecule has 0 spiro atoms. The average molecular weight is 607 g/mol. The van der Waals surface area contributed by atoms with E-state index in [9.17, 15) is 40.0 Å². The maximum Gasteiger partial charge on any atom is 0.491 e. The van der Waals surface area contributed by atoms with Crippen molar-refractivity contribution in [1.29, 1.82) is 0 Å². The highest BCUT2D eigenvalue weighted by Gasteiger charge is 2.58. The standard InChI is InChI=1S/C25H27F5N4O6S/c1-14(2)15-12-31-23(32-13-15)33-7-4-16(5-8-33)34-9-6-24(21(34)35,40-22(36)25(28,29)30)39-19-10-18(27)20(11-17(19)26)41(3,37)38/h10-14,16H,4-9H2,1-3H3. The molecule has 0 aliphatic carbocycles. The van der Waals surface area contributed by atoms with Gasteiger partial charge in [-0.2, -0.15) is 13.2 Å². The number of nitrogens with zero attached hydrogens (tertiary/aromatic N) is 4. The Hall–Kier alpha value is -3.56. The number of carbonyl (C=O) groups excluding carboxylic acids is 2. The Morgan fingerprint density at radius 3 is 2.22 bits per heavy atom. The van der Waals surface area contributed by atoms with Gasteiger partial charge in [0.1, 0.15) is 10.7 Å². The van der Waals surface area contributed by atoms with Crippen molar-refractivity contribution < 1.29 is 49.4 Å². The van der Waals surface area contributed by atoms with Gasteiger partial charge in [-0.15, -0.1) is 0 Å². The van der Waals surface area contributed by atoms with Crippen LogP contribution in [0.3, 0.4) is 0 Å². The Balaban J connectivity index is 1.55. The summed E-state index contributed by atoms with van der Waals surface area (Å²) in [7, 11) is -4.21. The maximum absolute atomic E-state index is 14.7. The Morgan fingerprint density at radius 2 is 1.68 bits per heavy atom. The van der Waals surface area contributed by atoms with E-state index < -0.39 is 68.4 Å². The van der Waals surface area contributed by atoms with Crippen LogP contribution in [-0.4, -0.2) is 79.1 Å². The van der Waals surface area contributed by atoms with Gasteiger partial charge in [0.05, 0.1) is 6.42 Å².